The van der Waals surface area contributed by atoms with Gasteiger partial charge in [0.05, 0.1) is 7.11 Å². The highest BCUT2D eigenvalue weighted by Crippen LogP contribution is 2.20. The first-order valence-corrected chi connectivity index (χ1v) is 7.37. The molecule has 0 bridgehead atoms. The first kappa shape index (κ1) is 14.6. The molecule has 2 rings (SSSR count). The Bertz CT molecular complexity index is 464. The number of carbonyl (C=O) groups excluding carboxylic acids is 1. The first-order valence-electron chi connectivity index (χ1n) is 7.37. The van der Waals surface area contributed by atoms with E-state index in [1.165, 1.54) is 6.42 Å². The molecule has 1 aromatic rings. The largest absolute Gasteiger partial charge is 0.497 e. The zero-order valence-electron chi connectivity index (χ0n) is 12.3. The highest BCUT2D eigenvalue weighted by atomic mass is 16.5. The number of ether oxygens (including phenoxy) is 1. The number of hydrogen-bond donors (Lipinski definition) is 0. The van der Waals surface area contributed by atoms with E-state index in [1.54, 1.807) is 13.2 Å². The van der Waals surface area contributed by atoms with Crippen LogP contribution in [0.5, 0.6) is 5.75 Å². The van der Waals surface area contributed by atoms with Gasteiger partial charge in [-0.2, -0.15) is 0 Å². The van der Waals surface area contributed by atoms with E-state index in [2.05, 4.69) is 6.92 Å². The lowest BCUT2D eigenvalue weighted by atomic mass is 10.00. The van der Waals surface area contributed by atoms with E-state index in [0.717, 1.165) is 37.1 Å². The Morgan fingerprint density at radius 2 is 2.10 bits per heavy atom. The summed E-state index contributed by atoms with van der Waals surface area (Å²) in [5, 5.41) is 0. The van der Waals surface area contributed by atoms with E-state index in [4.69, 9.17) is 4.74 Å². The van der Waals surface area contributed by atoms with Gasteiger partial charge in [0.1, 0.15) is 5.75 Å². The van der Waals surface area contributed by atoms with Crippen LogP contribution in [0.15, 0.2) is 30.3 Å². The third-order valence-corrected chi connectivity index (χ3v) is 3.92. The molecule has 0 aliphatic carbocycles. The van der Waals surface area contributed by atoms with Gasteiger partial charge in [0.25, 0.3) is 0 Å². The molecule has 3 nitrogen and oxygen atoms in total. The van der Waals surface area contributed by atoms with Crippen LogP contribution in [0.3, 0.4) is 0 Å². The molecule has 108 valence electrons. The van der Waals surface area contributed by atoms with Crippen molar-refractivity contribution < 1.29 is 9.53 Å². The van der Waals surface area contributed by atoms with Crippen LogP contribution in [-0.2, 0) is 4.79 Å². The average molecular weight is 273 g/mol. The van der Waals surface area contributed by atoms with E-state index in [-0.39, 0.29) is 5.91 Å². The summed E-state index contributed by atoms with van der Waals surface area (Å²) in [5.41, 5.74) is 1.02. The minimum Gasteiger partial charge on any atom is -0.497 e. The quantitative estimate of drug-likeness (QED) is 0.786. The molecule has 20 heavy (non-hydrogen) atoms. The fraction of sp³-hybridized carbons (Fsp3) is 0.471. The summed E-state index contributed by atoms with van der Waals surface area (Å²) in [4.78, 5) is 14.3. The van der Waals surface area contributed by atoms with Crippen molar-refractivity contribution in [2.75, 3.05) is 13.7 Å². The second-order valence-electron chi connectivity index (χ2n) is 5.20. The minimum absolute atomic E-state index is 0.132. The van der Waals surface area contributed by atoms with Crippen molar-refractivity contribution in [1.82, 2.24) is 4.90 Å². The standard InChI is InChI=1S/C17H23NO2/c1-3-15-6-4-5-13-18(15)17(19)12-9-14-7-10-16(20-2)11-8-14/h7-12,15H,3-6,13H2,1-2H3/b12-9+/t15-/m0/s1. The molecule has 1 atom stereocenters. The van der Waals surface area contributed by atoms with Gasteiger partial charge < -0.3 is 9.64 Å². The van der Waals surface area contributed by atoms with Crippen molar-refractivity contribution >= 4 is 12.0 Å². The number of nitrogens with zero attached hydrogens (tertiary/aromatic N) is 1. The SMILES string of the molecule is CC[C@H]1CCCCN1C(=O)/C=C/c1ccc(OC)cc1. The van der Waals surface area contributed by atoms with Gasteiger partial charge in [-0.25, -0.2) is 0 Å². The van der Waals surface area contributed by atoms with E-state index in [0.29, 0.717) is 6.04 Å². The lowest BCUT2D eigenvalue weighted by Crippen LogP contribution is -2.42. The molecule has 0 saturated carbocycles. The zero-order valence-corrected chi connectivity index (χ0v) is 12.3. The molecule has 1 saturated heterocycles. The number of hydrogen-bond acceptors (Lipinski definition) is 2. The van der Waals surface area contributed by atoms with E-state index in [9.17, 15) is 4.79 Å². The molecule has 1 aliphatic heterocycles. The fourth-order valence-corrected chi connectivity index (χ4v) is 2.69. The molecule has 0 unspecified atom stereocenters. The summed E-state index contributed by atoms with van der Waals surface area (Å²) in [6.45, 7) is 3.05. The van der Waals surface area contributed by atoms with Crippen molar-refractivity contribution in [3.63, 3.8) is 0 Å². The maximum absolute atomic E-state index is 12.3. The smallest absolute Gasteiger partial charge is 0.246 e. The molecule has 0 spiro atoms. The molecule has 0 N–H and O–H groups in total. The highest BCUT2D eigenvalue weighted by molar-refractivity contribution is 5.92. The summed E-state index contributed by atoms with van der Waals surface area (Å²) < 4.78 is 5.12. The molecular weight excluding hydrogens is 250 g/mol. The number of benzene rings is 1. The van der Waals surface area contributed by atoms with Gasteiger partial charge in [0, 0.05) is 18.7 Å². The Labute approximate surface area is 121 Å². The summed E-state index contributed by atoms with van der Waals surface area (Å²) in [6, 6.07) is 8.13. The van der Waals surface area contributed by atoms with E-state index < -0.39 is 0 Å². The van der Waals surface area contributed by atoms with Gasteiger partial charge in [-0.05, 0) is 49.5 Å². The van der Waals surface area contributed by atoms with Crippen LogP contribution in [0.25, 0.3) is 6.08 Å². The zero-order chi connectivity index (χ0) is 14.4. The Hall–Kier alpha value is -1.77. The molecular formula is C17H23NO2. The van der Waals surface area contributed by atoms with Crippen LogP contribution in [0, 0.1) is 0 Å². The predicted molar refractivity (Wildman–Crippen MR) is 81.7 cm³/mol. The molecule has 1 aromatic carbocycles. The maximum atomic E-state index is 12.3. The van der Waals surface area contributed by atoms with Crippen LogP contribution in [0.2, 0.25) is 0 Å². The fourth-order valence-electron chi connectivity index (χ4n) is 2.69. The van der Waals surface area contributed by atoms with Crippen molar-refractivity contribution in [1.29, 1.82) is 0 Å². The van der Waals surface area contributed by atoms with Crippen LogP contribution >= 0.6 is 0 Å². The van der Waals surface area contributed by atoms with Crippen molar-refractivity contribution in [2.45, 2.75) is 38.6 Å². The number of likely N-dealkylation sites (tertiary alicyclic amines) is 1. The monoisotopic (exact) mass is 273 g/mol. The summed E-state index contributed by atoms with van der Waals surface area (Å²) in [7, 11) is 1.65. The molecule has 0 radical (unpaired) electrons. The number of methoxy groups -OCH3 is 1. The van der Waals surface area contributed by atoms with Crippen molar-refractivity contribution in [3.05, 3.63) is 35.9 Å². The van der Waals surface area contributed by atoms with E-state index in [1.807, 2.05) is 35.2 Å². The second kappa shape index (κ2) is 7.13. The lowest BCUT2D eigenvalue weighted by molar-refractivity contribution is -0.129. The van der Waals surface area contributed by atoms with Crippen LogP contribution < -0.4 is 4.74 Å². The van der Waals surface area contributed by atoms with Gasteiger partial charge in [-0.1, -0.05) is 19.1 Å². The average Bonchev–Trinajstić information content (AvgIpc) is 2.53. The van der Waals surface area contributed by atoms with Gasteiger partial charge in [-0.15, -0.1) is 0 Å². The summed E-state index contributed by atoms with van der Waals surface area (Å²) in [5.74, 6) is 0.961. The highest BCUT2D eigenvalue weighted by Gasteiger charge is 2.23. The Balaban J connectivity index is 2.00. The topological polar surface area (TPSA) is 29.5 Å². The molecule has 3 heteroatoms. The third kappa shape index (κ3) is 3.62. The number of amides is 1. The Morgan fingerprint density at radius 1 is 1.35 bits per heavy atom. The molecule has 1 aliphatic rings. The lowest BCUT2D eigenvalue weighted by Gasteiger charge is -2.34. The molecule has 1 heterocycles. The van der Waals surface area contributed by atoms with Gasteiger partial charge in [-0.3, -0.25) is 4.79 Å². The maximum Gasteiger partial charge on any atom is 0.246 e. The molecule has 1 fully saturated rings. The third-order valence-electron chi connectivity index (χ3n) is 3.92. The minimum atomic E-state index is 0.132. The second-order valence-corrected chi connectivity index (χ2v) is 5.20. The van der Waals surface area contributed by atoms with Gasteiger partial charge in [0.2, 0.25) is 5.91 Å². The molecule has 1 amide bonds. The van der Waals surface area contributed by atoms with Crippen molar-refractivity contribution in [3.8, 4) is 5.75 Å². The van der Waals surface area contributed by atoms with Crippen LogP contribution in [0.1, 0.15) is 38.2 Å². The number of carbonyl (C=O) groups is 1. The number of rotatable bonds is 4. The van der Waals surface area contributed by atoms with Crippen molar-refractivity contribution in [2.24, 2.45) is 0 Å². The number of piperidine rings is 1. The normalized spacial score (nSPS) is 19.3. The van der Waals surface area contributed by atoms with Gasteiger partial charge >= 0.3 is 0 Å². The Kier molecular flexibility index (Phi) is 5.22. The predicted octanol–water partition coefficient (Wildman–Crippen LogP) is 3.50. The Morgan fingerprint density at radius 3 is 2.75 bits per heavy atom. The van der Waals surface area contributed by atoms with Crippen LogP contribution in [-0.4, -0.2) is 30.5 Å². The summed E-state index contributed by atoms with van der Waals surface area (Å²) >= 11 is 0. The first-order chi connectivity index (χ1) is 9.74. The molecule has 0 aromatic heterocycles. The van der Waals surface area contributed by atoms with Crippen LogP contribution in [0.4, 0.5) is 0 Å². The van der Waals surface area contributed by atoms with Gasteiger partial charge in [0.15, 0.2) is 0 Å². The van der Waals surface area contributed by atoms with E-state index >= 15 is 0 Å². The summed E-state index contributed by atoms with van der Waals surface area (Å²) in [6.07, 6.45) is 8.11.